The van der Waals surface area contributed by atoms with Gasteiger partial charge in [0.1, 0.15) is 5.75 Å². The molecule has 0 aliphatic heterocycles. The molecule has 0 bridgehead atoms. The second kappa shape index (κ2) is 6.87. The van der Waals surface area contributed by atoms with Crippen molar-refractivity contribution in [3.8, 4) is 5.75 Å². The van der Waals surface area contributed by atoms with Gasteiger partial charge in [-0.05, 0) is 49.7 Å². The zero-order chi connectivity index (χ0) is 14.5. The maximum absolute atomic E-state index is 5.95. The van der Waals surface area contributed by atoms with Crippen molar-refractivity contribution >= 4 is 11.4 Å². The predicted octanol–water partition coefficient (Wildman–Crippen LogP) is 4.29. The summed E-state index contributed by atoms with van der Waals surface area (Å²) in [6.07, 6.45) is 4.85. The summed E-state index contributed by atoms with van der Waals surface area (Å²) in [5.74, 6) is 2.41. The smallest absolute Gasteiger partial charge is 0.144 e. The Morgan fingerprint density at radius 2 is 1.90 bits per heavy atom. The van der Waals surface area contributed by atoms with E-state index in [4.69, 9.17) is 10.5 Å². The molecule has 0 aromatic heterocycles. The van der Waals surface area contributed by atoms with Crippen LogP contribution in [-0.2, 0) is 0 Å². The van der Waals surface area contributed by atoms with E-state index in [0.717, 1.165) is 35.4 Å². The fourth-order valence-corrected chi connectivity index (χ4v) is 3.26. The van der Waals surface area contributed by atoms with Crippen LogP contribution in [0.4, 0.5) is 11.4 Å². The van der Waals surface area contributed by atoms with Gasteiger partial charge in [-0.25, -0.2) is 0 Å². The third kappa shape index (κ3) is 4.06. The number of ether oxygens (including phenoxy) is 1. The zero-order valence-electron chi connectivity index (χ0n) is 13.0. The fraction of sp³-hybridized carbons (Fsp3) is 0.647. The molecule has 0 spiro atoms. The van der Waals surface area contributed by atoms with Gasteiger partial charge in [0.2, 0.25) is 0 Å². The second-order valence-corrected chi connectivity index (χ2v) is 6.36. The van der Waals surface area contributed by atoms with Crippen molar-refractivity contribution in [2.45, 2.75) is 52.5 Å². The Balaban J connectivity index is 2.01. The molecule has 1 fully saturated rings. The van der Waals surface area contributed by atoms with E-state index < -0.39 is 0 Å². The highest BCUT2D eigenvalue weighted by Gasteiger charge is 2.23. The maximum Gasteiger partial charge on any atom is 0.144 e. The lowest BCUT2D eigenvalue weighted by molar-refractivity contribution is 0.280. The molecule has 3 N–H and O–H groups in total. The molecule has 1 aliphatic rings. The number of anilines is 2. The summed E-state index contributed by atoms with van der Waals surface area (Å²) in [4.78, 5) is 0. The Bertz CT molecular complexity index is 423. The van der Waals surface area contributed by atoms with Crippen molar-refractivity contribution in [2.75, 3.05) is 17.7 Å². The highest BCUT2D eigenvalue weighted by atomic mass is 16.5. The number of rotatable bonds is 5. The van der Waals surface area contributed by atoms with Crippen LogP contribution < -0.4 is 15.8 Å². The lowest BCUT2D eigenvalue weighted by atomic mass is 9.80. The van der Waals surface area contributed by atoms with Crippen molar-refractivity contribution in [3.05, 3.63) is 18.2 Å². The van der Waals surface area contributed by atoms with Gasteiger partial charge in [0.25, 0.3) is 0 Å². The molecule has 1 aromatic rings. The van der Waals surface area contributed by atoms with E-state index in [9.17, 15) is 0 Å². The van der Waals surface area contributed by atoms with Crippen LogP contribution in [0.5, 0.6) is 5.75 Å². The van der Waals surface area contributed by atoms with Crippen molar-refractivity contribution in [1.29, 1.82) is 0 Å². The number of hydrogen-bond donors (Lipinski definition) is 2. The molecule has 2 unspecified atom stereocenters. The minimum Gasteiger partial charge on any atom is -0.491 e. The minimum atomic E-state index is 0.566. The topological polar surface area (TPSA) is 47.3 Å². The summed E-state index contributed by atoms with van der Waals surface area (Å²) in [7, 11) is 0. The first kappa shape index (κ1) is 15.0. The summed E-state index contributed by atoms with van der Waals surface area (Å²) in [5.41, 5.74) is 7.79. The normalized spacial score (nSPS) is 26.2. The van der Waals surface area contributed by atoms with Gasteiger partial charge < -0.3 is 15.8 Å². The van der Waals surface area contributed by atoms with Gasteiger partial charge in [0.15, 0.2) is 0 Å². The number of nitrogen functional groups attached to an aromatic ring is 1. The SMILES string of the molecule is CCCOc1cc(NC2CC(C)CC(C)C2)ccc1N. The lowest BCUT2D eigenvalue weighted by Gasteiger charge is -2.32. The zero-order valence-corrected chi connectivity index (χ0v) is 13.0. The van der Waals surface area contributed by atoms with Crippen LogP contribution in [0.25, 0.3) is 0 Å². The van der Waals surface area contributed by atoms with E-state index >= 15 is 0 Å². The van der Waals surface area contributed by atoms with Crippen molar-refractivity contribution in [3.63, 3.8) is 0 Å². The van der Waals surface area contributed by atoms with E-state index in [0.29, 0.717) is 12.6 Å². The standard InChI is InChI=1S/C17H28N2O/c1-4-7-20-17-11-14(5-6-16(17)18)19-15-9-12(2)8-13(3)10-15/h5-6,11-13,15,19H,4,7-10,18H2,1-3H3. The molecular weight excluding hydrogens is 248 g/mol. The molecular formula is C17H28N2O. The van der Waals surface area contributed by atoms with Gasteiger partial charge in [-0.3, -0.25) is 0 Å². The molecule has 1 aliphatic carbocycles. The molecule has 2 atom stereocenters. The summed E-state index contributed by atoms with van der Waals surface area (Å²) in [6, 6.07) is 6.59. The van der Waals surface area contributed by atoms with Crippen LogP contribution >= 0.6 is 0 Å². The monoisotopic (exact) mass is 276 g/mol. The predicted molar refractivity (Wildman–Crippen MR) is 86.2 cm³/mol. The summed E-state index contributed by atoms with van der Waals surface area (Å²) in [6.45, 7) is 7.51. The summed E-state index contributed by atoms with van der Waals surface area (Å²) in [5, 5.41) is 3.65. The molecule has 112 valence electrons. The Kier molecular flexibility index (Phi) is 5.16. The summed E-state index contributed by atoms with van der Waals surface area (Å²) < 4.78 is 5.69. The average molecular weight is 276 g/mol. The van der Waals surface area contributed by atoms with E-state index in [-0.39, 0.29) is 0 Å². The van der Waals surface area contributed by atoms with Gasteiger partial charge in [-0.1, -0.05) is 20.8 Å². The molecule has 3 nitrogen and oxygen atoms in total. The highest BCUT2D eigenvalue weighted by Crippen LogP contribution is 2.32. The van der Waals surface area contributed by atoms with Crippen molar-refractivity contribution in [2.24, 2.45) is 11.8 Å². The second-order valence-electron chi connectivity index (χ2n) is 6.36. The molecule has 0 radical (unpaired) electrons. The maximum atomic E-state index is 5.95. The van der Waals surface area contributed by atoms with Crippen LogP contribution in [-0.4, -0.2) is 12.6 Å². The number of nitrogens with one attached hydrogen (secondary N) is 1. The van der Waals surface area contributed by atoms with E-state index in [1.807, 2.05) is 12.1 Å². The van der Waals surface area contributed by atoms with Crippen LogP contribution in [0.2, 0.25) is 0 Å². The number of hydrogen-bond acceptors (Lipinski definition) is 3. The third-order valence-electron chi connectivity index (χ3n) is 4.02. The number of nitrogens with two attached hydrogens (primary N) is 1. The van der Waals surface area contributed by atoms with Crippen molar-refractivity contribution in [1.82, 2.24) is 0 Å². The molecule has 20 heavy (non-hydrogen) atoms. The highest BCUT2D eigenvalue weighted by molar-refractivity contribution is 5.61. The molecule has 3 heteroatoms. The molecule has 1 aromatic carbocycles. The van der Waals surface area contributed by atoms with Gasteiger partial charge in [0.05, 0.1) is 12.3 Å². The molecule has 2 rings (SSSR count). The summed E-state index contributed by atoms with van der Waals surface area (Å²) >= 11 is 0. The minimum absolute atomic E-state index is 0.566. The van der Waals surface area contributed by atoms with E-state index in [2.05, 4.69) is 32.2 Å². The van der Waals surface area contributed by atoms with Crippen molar-refractivity contribution < 1.29 is 4.74 Å². The molecule has 0 saturated heterocycles. The molecule has 0 amide bonds. The molecule has 0 heterocycles. The Hall–Kier alpha value is -1.38. The molecule has 1 saturated carbocycles. The number of benzene rings is 1. The van der Waals surface area contributed by atoms with Crippen LogP contribution in [0, 0.1) is 11.8 Å². The van der Waals surface area contributed by atoms with E-state index in [1.165, 1.54) is 19.3 Å². The Labute approximate surface area is 122 Å². The van der Waals surface area contributed by atoms with E-state index in [1.54, 1.807) is 0 Å². The largest absolute Gasteiger partial charge is 0.491 e. The lowest BCUT2D eigenvalue weighted by Crippen LogP contribution is -2.30. The van der Waals surface area contributed by atoms with Crippen LogP contribution in [0.1, 0.15) is 46.5 Å². The quantitative estimate of drug-likeness (QED) is 0.788. The van der Waals surface area contributed by atoms with Crippen LogP contribution in [0.15, 0.2) is 18.2 Å². The fourth-order valence-electron chi connectivity index (χ4n) is 3.26. The first-order valence-corrected chi connectivity index (χ1v) is 7.87. The third-order valence-corrected chi connectivity index (χ3v) is 4.02. The van der Waals surface area contributed by atoms with Gasteiger partial charge in [-0.2, -0.15) is 0 Å². The Morgan fingerprint density at radius 3 is 2.55 bits per heavy atom. The Morgan fingerprint density at radius 1 is 1.20 bits per heavy atom. The first-order chi connectivity index (χ1) is 9.58. The average Bonchev–Trinajstić information content (AvgIpc) is 2.38. The van der Waals surface area contributed by atoms with Gasteiger partial charge in [0, 0.05) is 17.8 Å². The van der Waals surface area contributed by atoms with Gasteiger partial charge in [-0.15, -0.1) is 0 Å². The first-order valence-electron chi connectivity index (χ1n) is 7.87. The van der Waals surface area contributed by atoms with Gasteiger partial charge >= 0.3 is 0 Å². The van der Waals surface area contributed by atoms with Crippen LogP contribution in [0.3, 0.4) is 0 Å².